The van der Waals surface area contributed by atoms with E-state index in [-0.39, 0.29) is 0 Å². The molecule has 0 aliphatic rings. The second-order valence-corrected chi connectivity index (χ2v) is 5.99. The lowest BCUT2D eigenvalue weighted by atomic mass is 10.2. The molecule has 140 valence electrons. The maximum Gasteiger partial charge on any atom is 0.105 e. The highest BCUT2D eigenvalue weighted by atomic mass is 16.3. The molecule has 23 heavy (non-hydrogen) atoms. The topological polar surface area (TPSA) is 111 Å². The van der Waals surface area contributed by atoms with Gasteiger partial charge < -0.3 is 20.4 Å². The Morgan fingerprint density at radius 1 is 0.696 bits per heavy atom. The molecule has 8 heteroatoms. The van der Waals surface area contributed by atoms with Crippen molar-refractivity contribution < 1.29 is 20.4 Å². The molecular weight excluding hydrogens is 300 g/mol. The van der Waals surface area contributed by atoms with Gasteiger partial charge in [0.2, 0.25) is 0 Å². The molecule has 0 spiro atoms. The highest BCUT2D eigenvalue weighted by molar-refractivity contribution is 4.64. The standard InChI is InChI=1S/C15H36N4O4/c1-12(20)16-7-10-18(14(3)22)8-5-6-9-19(15(4)23)11-17-13(2)21/h12-17,20-23H,5-11H2,1-4H3. The number of nitrogens with zero attached hydrogens (tertiary/aromatic N) is 2. The van der Waals surface area contributed by atoms with E-state index in [4.69, 9.17) is 0 Å². The molecule has 0 fully saturated rings. The van der Waals surface area contributed by atoms with Crippen LogP contribution in [0.2, 0.25) is 0 Å². The predicted octanol–water partition coefficient (Wildman–Crippen LogP) is -1.14. The van der Waals surface area contributed by atoms with Crippen LogP contribution in [0.1, 0.15) is 40.5 Å². The third kappa shape index (κ3) is 12.7. The van der Waals surface area contributed by atoms with Crippen LogP contribution < -0.4 is 10.6 Å². The van der Waals surface area contributed by atoms with Crippen molar-refractivity contribution >= 4 is 0 Å². The number of hydrogen-bond acceptors (Lipinski definition) is 8. The monoisotopic (exact) mass is 336 g/mol. The van der Waals surface area contributed by atoms with Gasteiger partial charge in [0.05, 0.1) is 6.67 Å². The average Bonchev–Trinajstić information content (AvgIpc) is 2.42. The molecule has 4 unspecified atom stereocenters. The molecule has 0 aliphatic heterocycles. The maximum atomic E-state index is 9.77. The van der Waals surface area contributed by atoms with Crippen LogP contribution >= 0.6 is 0 Å². The summed E-state index contributed by atoms with van der Waals surface area (Å²) in [4.78, 5) is 3.78. The van der Waals surface area contributed by atoms with Gasteiger partial charge in [-0.25, -0.2) is 0 Å². The van der Waals surface area contributed by atoms with Crippen LogP contribution in [0.5, 0.6) is 0 Å². The second-order valence-electron chi connectivity index (χ2n) is 5.99. The number of nitrogens with one attached hydrogen (secondary N) is 2. The summed E-state index contributed by atoms with van der Waals surface area (Å²) in [6, 6.07) is 0. The summed E-state index contributed by atoms with van der Waals surface area (Å²) in [5.74, 6) is 0. The summed E-state index contributed by atoms with van der Waals surface area (Å²) < 4.78 is 0. The number of unbranched alkanes of at least 4 members (excludes halogenated alkanes) is 1. The van der Waals surface area contributed by atoms with Crippen molar-refractivity contribution in [3.05, 3.63) is 0 Å². The van der Waals surface area contributed by atoms with Crippen molar-refractivity contribution in [1.82, 2.24) is 20.4 Å². The van der Waals surface area contributed by atoms with Crippen molar-refractivity contribution in [3.8, 4) is 0 Å². The fraction of sp³-hybridized carbons (Fsp3) is 1.00. The quantitative estimate of drug-likeness (QED) is 0.174. The summed E-state index contributed by atoms with van der Waals surface area (Å²) >= 11 is 0. The fourth-order valence-electron chi connectivity index (χ4n) is 2.18. The fourth-order valence-corrected chi connectivity index (χ4v) is 2.18. The average molecular weight is 336 g/mol. The molecule has 0 amide bonds. The van der Waals surface area contributed by atoms with Crippen molar-refractivity contribution in [2.75, 3.05) is 32.8 Å². The Labute approximate surface area is 140 Å². The lowest BCUT2D eigenvalue weighted by Gasteiger charge is -2.28. The molecule has 8 nitrogen and oxygen atoms in total. The van der Waals surface area contributed by atoms with E-state index in [0.29, 0.717) is 26.3 Å². The van der Waals surface area contributed by atoms with E-state index in [0.717, 1.165) is 19.4 Å². The normalized spacial score (nSPS) is 17.5. The van der Waals surface area contributed by atoms with Crippen LogP contribution in [0.3, 0.4) is 0 Å². The summed E-state index contributed by atoms with van der Waals surface area (Å²) in [5, 5.41) is 43.7. The largest absolute Gasteiger partial charge is 0.379 e. The molecule has 0 bridgehead atoms. The number of aliphatic hydroxyl groups excluding tert-OH is 4. The van der Waals surface area contributed by atoms with Crippen LogP contribution in [-0.4, -0.2) is 88.0 Å². The van der Waals surface area contributed by atoms with E-state index in [1.807, 2.05) is 9.80 Å². The Hall–Kier alpha value is -0.320. The minimum absolute atomic E-state index is 0.424. The van der Waals surface area contributed by atoms with E-state index in [9.17, 15) is 20.4 Å². The van der Waals surface area contributed by atoms with Gasteiger partial charge in [0, 0.05) is 26.2 Å². The molecule has 0 aromatic rings. The zero-order chi connectivity index (χ0) is 17.8. The zero-order valence-electron chi connectivity index (χ0n) is 14.9. The van der Waals surface area contributed by atoms with E-state index in [1.165, 1.54) is 0 Å². The van der Waals surface area contributed by atoms with Crippen molar-refractivity contribution in [2.45, 2.75) is 65.4 Å². The third-order valence-electron chi connectivity index (χ3n) is 3.63. The summed E-state index contributed by atoms with van der Waals surface area (Å²) in [5.41, 5.74) is 0. The Morgan fingerprint density at radius 2 is 1.17 bits per heavy atom. The summed E-state index contributed by atoms with van der Waals surface area (Å²) in [7, 11) is 0. The van der Waals surface area contributed by atoms with Crippen LogP contribution in [0.15, 0.2) is 0 Å². The Balaban J connectivity index is 4.01. The molecule has 0 saturated carbocycles. The van der Waals surface area contributed by atoms with Gasteiger partial charge >= 0.3 is 0 Å². The maximum absolute atomic E-state index is 9.77. The van der Waals surface area contributed by atoms with Gasteiger partial charge in [0.25, 0.3) is 0 Å². The first-order chi connectivity index (χ1) is 10.7. The first kappa shape index (κ1) is 22.7. The molecule has 0 heterocycles. The van der Waals surface area contributed by atoms with Gasteiger partial charge in [-0.3, -0.25) is 20.4 Å². The van der Waals surface area contributed by atoms with Crippen molar-refractivity contribution in [2.24, 2.45) is 0 Å². The van der Waals surface area contributed by atoms with Gasteiger partial charge in [0.1, 0.15) is 24.9 Å². The molecule has 0 saturated heterocycles. The molecule has 0 aliphatic carbocycles. The molecule has 0 aromatic carbocycles. The number of hydrogen-bond donors (Lipinski definition) is 6. The molecule has 0 rings (SSSR count). The molecule has 6 N–H and O–H groups in total. The Kier molecular flexibility index (Phi) is 12.8. The summed E-state index contributed by atoms with van der Waals surface area (Å²) in [6.07, 6.45) is -0.508. The van der Waals surface area contributed by atoms with Gasteiger partial charge in [0.15, 0.2) is 0 Å². The van der Waals surface area contributed by atoms with E-state index >= 15 is 0 Å². The Morgan fingerprint density at radius 3 is 1.61 bits per heavy atom. The highest BCUT2D eigenvalue weighted by Gasteiger charge is 2.13. The van der Waals surface area contributed by atoms with Crippen molar-refractivity contribution in [1.29, 1.82) is 0 Å². The lowest BCUT2D eigenvalue weighted by molar-refractivity contribution is -0.00450. The minimum Gasteiger partial charge on any atom is -0.379 e. The van der Waals surface area contributed by atoms with E-state index in [1.54, 1.807) is 27.7 Å². The van der Waals surface area contributed by atoms with E-state index < -0.39 is 24.9 Å². The first-order valence-electron chi connectivity index (χ1n) is 8.41. The zero-order valence-corrected chi connectivity index (χ0v) is 14.9. The molecular formula is C15H36N4O4. The third-order valence-corrected chi connectivity index (χ3v) is 3.63. The lowest BCUT2D eigenvalue weighted by Crippen LogP contribution is -2.44. The second kappa shape index (κ2) is 13.0. The molecule has 4 atom stereocenters. The van der Waals surface area contributed by atoms with Crippen LogP contribution in [0.4, 0.5) is 0 Å². The van der Waals surface area contributed by atoms with Gasteiger partial charge in [-0.15, -0.1) is 0 Å². The van der Waals surface area contributed by atoms with Gasteiger partial charge in [-0.05, 0) is 40.5 Å². The van der Waals surface area contributed by atoms with Crippen LogP contribution in [0, 0.1) is 0 Å². The SMILES string of the molecule is CC(O)NCCN(CCCCN(CNC(C)O)C(C)O)C(C)O. The Bertz CT molecular complexity index is 278. The highest BCUT2D eigenvalue weighted by Crippen LogP contribution is 2.03. The van der Waals surface area contributed by atoms with Crippen LogP contribution in [0.25, 0.3) is 0 Å². The van der Waals surface area contributed by atoms with Gasteiger partial charge in [-0.2, -0.15) is 0 Å². The van der Waals surface area contributed by atoms with Crippen molar-refractivity contribution in [3.63, 3.8) is 0 Å². The first-order valence-corrected chi connectivity index (χ1v) is 8.41. The molecule has 0 radical (unpaired) electrons. The smallest absolute Gasteiger partial charge is 0.105 e. The summed E-state index contributed by atoms with van der Waals surface area (Å²) in [6.45, 7) is 9.89. The predicted molar refractivity (Wildman–Crippen MR) is 90.2 cm³/mol. The minimum atomic E-state index is -0.608. The number of aliphatic hydroxyl groups is 4. The number of rotatable bonds is 14. The van der Waals surface area contributed by atoms with Crippen LogP contribution in [-0.2, 0) is 0 Å². The van der Waals surface area contributed by atoms with E-state index in [2.05, 4.69) is 10.6 Å². The van der Waals surface area contributed by atoms with Gasteiger partial charge in [-0.1, -0.05) is 0 Å². The molecule has 0 aromatic heterocycles.